The van der Waals surface area contributed by atoms with Crippen molar-refractivity contribution in [2.24, 2.45) is 16.8 Å². The van der Waals surface area contributed by atoms with Crippen LogP contribution in [0.5, 0.6) is 0 Å². The van der Waals surface area contributed by atoms with Gasteiger partial charge in [0.15, 0.2) is 0 Å². The monoisotopic (exact) mass is 167 g/mol. The van der Waals surface area contributed by atoms with E-state index in [2.05, 4.69) is 11.9 Å². The Kier molecular flexibility index (Phi) is 4.02. The van der Waals surface area contributed by atoms with Crippen LogP contribution in [0.3, 0.4) is 0 Å². The maximum atomic E-state index is 9.90. The first-order chi connectivity index (χ1) is 5.84. The fraction of sp³-hybridized carbons (Fsp3) is 0.900. The molecular formula is C10H17NO. The van der Waals surface area contributed by atoms with Gasteiger partial charge in [0.1, 0.15) is 0 Å². The van der Waals surface area contributed by atoms with Crippen LogP contribution < -0.4 is 0 Å². The van der Waals surface area contributed by atoms with Crippen molar-refractivity contribution in [3.63, 3.8) is 0 Å². The summed E-state index contributed by atoms with van der Waals surface area (Å²) < 4.78 is 0. The fourth-order valence-corrected chi connectivity index (χ4v) is 2.03. The van der Waals surface area contributed by atoms with Crippen molar-refractivity contribution in [3.8, 4) is 0 Å². The van der Waals surface area contributed by atoms with Crippen LogP contribution in [0.15, 0.2) is 4.99 Å². The molecule has 0 N–H and O–H groups in total. The molecule has 2 nitrogen and oxygen atoms in total. The van der Waals surface area contributed by atoms with E-state index in [0.717, 1.165) is 5.92 Å². The van der Waals surface area contributed by atoms with Gasteiger partial charge in [-0.05, 0) is 11.8 Å². The van der Waals surface area contributed by atoms with Crippen LogP contribution in [0, 0.1) is 11.8 Å². The van der Waals surface area contributed by atoms with Crippen LogP contribution in [0.25, 0.3) is 0 Å². The van der Waals surface area contributed by atoms with E-state index in [1.807, 2.05) is 0 Å². The average molecular weight is 167 g/mol. The largest absolute Gasteiger partial charge is 0.234 e. The first-order valence-corrected chi connectivity index (χ1v) is 4.88. The maximum Gasteiger partial charge on any atom is 0.234 e. The highest BCUT2D eigenvalue weighted by Crippen LogP contribution is 2.29. The minimum absolute atomic E-state index is 0.576. The van der Waals surface area contributed by atoms with E-state index < -0.39 is 0 Å². The van der Waals surface area contributed by atoms with E-state index in [9.17, 15) is 4.79 Å². The van der Waals surface area contributed by atoms with Crippen LogP contribution in [-0.2, 0) is 4.79 Å². The molecule has 1 rings (SSSR count). The smallest absolute Gasteiger partial charge is 0.211 e. The van der Waals surface area contributed by atoms with E-state index in [-0.39, 0.29) is 0 Å². The normalized spacial score (nSPS) is 21.4. The number of carbonyl (C=O) groups excluding carboxylic acids is 1. The Morgan fingerprint density at radius 1 is 1.42 bits per heavy atom. The standard InChI is InChI=1S/C10H17NO/c1-9(7-11-8-12)10-5-3-2-4-6-10/h9-10H,2-7H2,1H3. The molecule has 0 aromatic heterocycles. The van der Waals surface area contributed by atoms with E-state index >= 15 is 0 Å². The lowest BCUT2D eigenvalue weighted by Crippen LogP contribution is -2.17. The summed E-state index contributed by atoms with van der Waals surface area (Å²) in [5.41, 5.74) is 0. The molecule has 1 atom stereocenters. The van der Waals surface area contributed by atoms with Gasteiger partial charge in [-0.2, -0.15) is 0 Å². The number of hydrogen-bond donors (Lipinski definition) is 0. The lowest BCUT2D eigenvalue weighted by atomic mass is 9.81. The molecular weight excluding hydrogens is 150 g/mol. The zero-order valence-electron chi connectivity index (χ0n) is 7.75. The molecule has 12 heavy (non-hydrogen) atoms. The predicted octanol–water partition coefficient (Wildman–Crippen LogP) is 2.54. The van der Waals surface area contributed by atoms with E-state index in [1.54, 1.807) is 6.08 Å². The van der Waals surface area contributed by atoms with E-state index in [4.69, 9.17) is 0 Å². The SMILES string of the molecule is CC(CN=C=O)C1CCCCC1. The molecule has 0 aromatic rings. The summed E-state index contributed by atoms with van der Waals surface area (Å²) >= 11 is 0. The summed E-state index contributed by atoms with van der Waals surface area (Å²) in [6.45, 7) is 2.87. The molecule has 0 aliphatic heterocycles. The van der Waals surface area contributed by atoms with Crippen LogP contribution in [0.1, 0.15) is 39.0 Å². The summed E-state index contributed by atoms with van der Waals surface area (Å²) in [5, 5.41) is 0. The van der Waals surface area contributed by atoms with Crippen LogP contribution in [-0.4, -0.2) is 12.6 Å². The van der Waals surface area contributed by atoms with Gasteiger partial charge in [0, 0.05) is 0 Å². The summed E-state index contributed by atoms with van der Waals surface area (Å²) in [6, 6.07) is 0. The van der Waals surface area contributed by atoms with Crippen LogP contribution >= 0.6 is 0 Å². The molecule has 0 saturated heterocycles. The van der Waals surface area contributed by atoms with Gasteiger partial charge in [-0.1, -0.05) is 39.0 Å². The van der Waals surface area contributed by atoms with Gasteiger partial charge in [-0.3, -0.25) is 0 Å². The third-order valence-corrected chi connectivity index (χ3v) is 2.90. The fourth-order valence-electron chi connectivity index (χ4n) is 2.03. The second kappa shape index (κ2) is 5.10. The molecule has 0 amide bonds. The predicted molar refractivity (Wildman–Crippen MR) is 48.7 cm³/mol. The van der Waals surface area contributed by atoms with Crippen molar-refractivity contribution >= 4 is 6.08 Å². The lowest BCUT2D eigenvalue weighted by molar-refractivity contribution is 0.269. The Bertz CT molecular complexity index is 167. The van der Waals surface area contributed by atoms with Gasteiger partial charge < -0.3 is 0 Å². The molecule has 1 aliphatic carbocycles. The molecule has 0 heterocycles. The van der Waals surface area contributed by atoms with Gasteiger partial charge in [0.05, 0.1) is 6.54 Å². The Labute approximate surface area is 74.1 Å². The van der Waals surface area contributed by atoms with E-state index in [0.29, 0.717) is 12.5 Å². The minimum atomic E-state index is 0.576. The molecule has 2 heteroatoms. The number of rotatable bonds is 3. The van der Waals surface area contributed by atoms with Crippen LogP contribution in [0.4, 0.5) is 0 Å². The molecule has 1 unspecified atom stereocenters. The highest BCUT2D eigenvalue weighted by molar-refractivity contribution is 5.32. The van der Waals surface area contributed by atoms with E-state index in [1.165, 1.54) is 32.1 Å². The molecule has 1 fully saturated rings. The first kappa shape index (κ1) is 9.47. The third-order valence-electron chi connectivity index (χ3n) is 2.90. The second-order valence-corrected chi connectivity index (χ2v) is 3.81. The highest BCUT2D eigenvalue weighted by Gasteiger charge is 2.19. The zero-order valence-corrected chi connectivity index (χ0v) is 7.75. The summed E-state index contributed by atoms with van der Waals surface area (Å²) in [4.78, 5) is 13.5. The number of hydrogen-bond acceptors (Lipinski definition) is 2. The molecule has 1 aliphatic rings. The summed E-state index contributed by atoms with van der Waals surface area (Å²) in [6.07, 6.45) is 8.38. The minimum Gasteiger partial charge on any atom is -0.211 e. The molecule has 68 valence electrons. The van der Waals surface area contributed by atoms with Crippen molar-refractivity contribution in [3.05, 3.63) is 0 Å². The van der Waals surface area contributed by atoms with Gasteiger partial charge >= 0.3 is 0 Å². The van der Waals surface area contributed by atoms with Crippen molar-refractivity contribution in [1.82, 2.24) is 0 Å². The number of isocyanates is 1. The molecule has 0 bridgehead atoms. The number of aliphatic imine (C=N–C) groups is 1. The third kappa shape index (κ3) is 2.78. The zero-order chi connectivity index (χ0) is 8.81. The Hall–Kier alpha value is -0.620. The number of nitrogens with zero attached hydrogens (tertiary/aromatic N) is 1. The molecule has 0 aromatic carbocycles. The Morgan fingerprint density at radius 3 is 2.67 bits per heavy atom. The highest BCUT2D eigenvalue weighted by atomic mass is 16.1. The maximum absolute atomic E-state index is 9.90. The summed E-state index contributed by atoms with van der Waals surface area (Å²) in [5.74, 6) is 1.38. The van der Waals surface area contributed by atoms with Gasteiger partial charge in [-0.25, -0.2) is 9.79 Å². The van der Waals surface area contributed by atoms with Crippen molar-refractivity contribution < 1.29 is 4.79 Å². The van der Waals surface area contributed by atoms with Gasteiger partial charge in [-0.15, -0.1) is 0 Å². The summed E-state index contributed by atoms with van der Waals surface area (Å²) in [7, 11) is 0. The molecule has 1 saturated carbocycles. The van der Waals surface area contributed by atoms with Gasteiger partial charge in [0.2, 0.25) is 6.08 Å². The van der Waals surface area contributed by atoms with Gasteiger partial charge in [0.25, 0.3) is 0 Å². The van der Waals surface area contributed by atoms with Crippen molar-refractivity contribution in [2.75, 3.05) is 6.54 Å². The lowest BCUT2D eigenvalue weighted by Gasteiger charge is -2.25. The first-order valence-electron chi connectivity index (χ1n) is 4.88. The molecule has 0 radical (unpaired) electrons. The average Bonchev–Trinajstić information content (AvgIpc) is 2.15. The van der Waals surface area contributed by atoms with Crippen molar-refractivity contribution in [2.45, 2.75) is 39.0 Å². The van der Waals surface area contributed by atoms with Crippen molar-refractivity contribution in [1.29, 1.82) is 0 Å². The topological polar surface area (TPSA) is 29.4 Å². The van der Waals surface area contributed by atoms with Crippen LogP contribution in [0.2, 0.25) is 0 Å². The Morgan fingerprint density at radius 2 is 2.08 bits per heavy atom. The molecule has 0 spiro atoms. The Balaban J connectivity index is 2.28. The quantitative estimate of drug-likeness (QED) is 0.469. The second-order valence-electron chi connectivity index (χ2n) is 3.81.